The van der Waals surface area contributed by atoms with Crippen molar-refractivity contribution in [3.63, 3.8) is 0 Å². The van der Waals surface area contributed by atoms with Crippen LogP contribution in [0.5, 0.6) is 0 Å². The molecule has 1 aliphatic rings. The predicted molar refractivity (Wildman–Crippen MR) is 124 cm³/mol. The Morgan fingerprint density at radius 2 is 1.45 bits per heavy atom. The third-order valence-electron chi connectivity index (χ3n) is 5.47. The minimum atomic E-state index is -0.524. The Morgan fingerprint density at radius 1 is 0.818 bits per heavy atom. The first-order valence-corrected chi connectivity index (χ1v) is 11.4. The normalized spacial score (nSPS) is 13.1. The van der Waals surface area contributed by atoms with Gasteiger partial charge in [-0.15, -0.1) is 0 Å². The van der Waals surface area contributed by atoms with Crippen LogP contribution in [0, 0.1) is 5.82 Å². The van der Waals surface area contributed by atoms with E-state index in [1.807, 2.05) is 0 Å². The van der Waals surface area contributed by atoms with Gasteiger partial charge in [0.1, 0.15) is 5.82 Å². The number of hydrogen-bond acceptors (Lipinski definition) is 5. The monoisotopic (exact) mass is 459 g/mol. The topological polar surface area (TPSA) is 72.3 Å². The van der Waals surface area contributed by atoms with Gasteiger partial charge in [0, 0.05) is 12.3 Å². The van der Waals surface area contributed by atoms with Gasteiger partial charge >= 0.3 is 0 Å². The number of carbonyl (C=O) groups is 2. The SMILES string of the molecule is O=C1c2ccccc2C(=O)N1CCCSc1nc2ccccc2c(=O)n1-c1ccccc1F. The number of imide groups is 1. The van der Waals surface area contributed by atoms with E-state index in [2.05, 4.69) is 4.98 Å². The largest absolute Gasteiger partial charge is 0.274 e. The van der Waals surface area contributed by atoms with Crippen molar-refractivity contribution >= 4 is 34.5 Å². The molecule has 1 aliphatic heterocycles. The van der Waals surface area contributed by atoms with E-state index in [4.69, 9.17) is 0 Å². The number of carbonyl (C=O) groups excluding carboxylic acids is 2. The van der Waals surface area contributed by atoms with Gasteiger partial charge in [-0.25, -0.2) is 9.37 Å². The van der Waals surface area contributed by atoms with Crippen LogP contribution in [0.1, 0.15) is 27.1 Å². The molecular weight excluding hydrogens is 441 g/mol. The Bertz CT molecular complexity index is 1430. The molecular formula is C25H18FN3O3S. The zero-order chi connectivity index (χ0) is 22.9. The molecule has 6 nitrogen and oxygen atoms in total. The summed E-state index contributed by atoms with van der Waals surface area (Å²) in [5.74, 6) is -0.642. The summed E-state index contributed by atoms with van der Waals surface area (Å²) in [4.78, 5) is 44.1. The van der Waals surface area contributed by atoms with Crippen molar-refractivity contribution in [3.05, 3.63) is 100 Å². The van der Waals surface area contributed by atoms with Gasteiger partial charge in [0.15, 0.2) is 5.16 Å². The predicted octanol–water partition coefficient (Wildman–Crippen LogP) is 4.30. The van der Waals surface area contributed by atoms with E-state index < -0.39 is 5.82 Å². The van der Waals surface area contributed by atoms with Crippen LogP contribution < -0.4 is 5.56 Å². The fraction of sp³-hybridized carbons (Fsp3) is 0.120. The summed E-state index contributed by atoms with van der Waals surface area (Å²) >= 11 is 1.29. The zero-order valence-corrected chi connectivity index (χ0v) is 18.2. The van der Waals surface area contributed by atoms with Crippen molar-refractivity contribution in [3.8, 4) is 5.69 Å². The zero-order valence-electron chi connectivity index (χ0n) is 17.4. The summed E-state index contributed by atoms with van der Waals surface area (Å²) in [7, 11) is 0. The van der Waals surface area contributed by atoms with Gasteiger partial charge in [0.2, 0.25) is 0 Å². The summed E-state index contributed by atoms with van der Waals surface area (Å²) in [6.45, 7) is 0.247. The highest BCUT2D eigenvalue weighted by atomic mass is 32.2. The Kier molecular flexibility index (Phi) is 5.51. The first kappa shape index (κ1) is 21.1. The number of fused-ring (bicyclic) bond motifs is 2. The molecule has 3 aromatic carbocycles. The first-order valence-electron chi connectivity index (χ1n) is 10.4. The van der Waals surface area contributed by atoms with Gasteiger partial charge in [-0.3, -0.25) is 23.9 Å². The molecule has 0 aliphatic carbocycles. The van der Waals surface area contributed by atoms with Crippen LogP contribution in [0.25, 0.3) is 16.6 Å². The van der Waals surface area contributed by atoms with Crippen LogP contribution in [0.4, 0.5) is 4.39 Å². The molecule has 2 amide bonds. The molecule has 0 bridgehead atoms. The van der Waals surface area contributed by atoms with Gasteiger partial charge in [0.25, 0.3) is 17.4 Å². The Morgan fingerprint density at radius 3 is 2.18 bits per heavy atom. The molecule has 0 saturated heterocycles. The molecule has 0 fully saturated rings. The molecule has 0 saturated carbocycles. The Hall–Kier alpha value is -3.78. The third kappa shape index (κ3) is 3.72. The van der Waals surface area contributed by atoms with Crippen LogP contribution in [-0.4, -0.2) is 38.6 Å². The Balaban J connectivity index is 1.39. The number of thioether (sulfide) groups is 1. The van der Waals surface area contributed by atoms with Crippen LogP contribution in [0.15, 0.2) is 82.7 Å². The van der Waals surface area contributed by atoms with E-state index in [1.54, 1.807) is 60.7 Å². The van der Waals surface area contributed by atoms with Gasteiger partial charge in [-0.05, 0) is 42.8 Å². The fourth-order valence-corrected chi connectivity index (χ4v) is 4.81. The van der Waals surface area contributed by atoms with Crippen molar-refractivity contribution in [2.75, 3.05) is 12.3 Å². The summed E-state index contributed by atoms with van der Waals surface area (Å²) in [5, 5.41) is 0.752. The van der Waals surface area contributed by atoms with Crippen LogP contribution in [0.3, 0.4) is 0 Å². The second-order valence-electron chi connectivity index (χ2n) is 7.51. The number of rotatable bonds is 6. The average molecular weight is 460 g/mol. The number of halogens is 1. The van der Waals surface area contributed by atoms with E-state index in [0.717, 1.165) is 0 Å². The molecule has 0 radical (unpaired) electrons. The number of amides is 2. The van der Waals surface area contributed by atoms with Crippen molar-refractivity contribution in [1.29, 1.82) is 0 Å². The van der Waals surface area contributed by atoms with Crippen LogP contribution in [0.2, 0.25) is 0 Å². The highest BCUT2D eigenvalue weighted by Crippen LogP contribution is 2.25. The molecule has 5 rings (SSSR count). The van der Waals surface area contributed by atoms with Gasteiger partial charge in [-0.1, -0.05) is 48.2 Å². The lowest BCUT2D eigenvalue weighted by molar-refractivity contribution is 0.0655. The maximum atomic E-state index is 14.6. The number of benzene rings is 3. The molecule has 0 atom stereocenters. The molecule has 0 spiro atoms. The molecule has 0 unspecified atom stereocenters. The second-order valence-corrected chi connectivity index (χ2v) is 8.58. The smallest absolute Gasteiger partial charge is 0.266 e. The lowest BCUT2D eigenvalue weighted by atomic mass is 10.1. The molecule has 8 heteroatoms. The highest BCUT2D eigenvalue weighted by Gasteiger charge is 2.34. The van der Waals surface area contributed by atoms with E-state index in [1.165, 1.54) is 33.4 Å². The number of aromatic nitrogens is 2. The van der Waals surface area contributed by atoms with Crippen molar-refractivity contribution in [1.82, 2.24) is 14.5 Å². The number of nitrogens with zero attached hydrogens (tertiary/aromatic N) is 3. The molecule has 4 aromatic rings. The third-order valence-corrected chi connectivity index (χ3v) is 6.50. The minimum absolute atomic E-state index is 0.128. The first-order chi connectivity index (χ1) is 16.1. The Labute approximate surface area is 192 Å². The number of hydrogen-bond donors (Lipinski definition) is 0. The van der Waals surface area contributed by atoms with E-state index in [9.17, 15) is 18.8 Å². The molecule has 1 aromatic heterocycles. The maximum absolute atomic E-state index is 14.6. The van der Waals surface area contributed by atoms with Gasteiger partial charge in [-0.2, -0.15) is 0 Å². The molecule has 33 heavy (non-hydrogen) atoms. The minimum Gasteiger partial charge on any atom is -0.274 e. The van der Waals surface area contributed by atoms with E-state index >= 15 is 0 Å². The summed E-state index contributed by atoms with van der Waals surface area (Å²) in [5.41, 5.74) is 1.13. The van der Waals surface area contributed by atoms with Crippen LogP contribution in [-0.2, 0) is 0 Å². The van der Waals surface area contributed by atoms with E-state index in [-0.39, 0.29) is 29.6 Å². The average Bonchev–Trinajstić information content (AvgIpc) is 3.08. The standard InChI is InChI=1S/C25H18FN3O3S/c26-19-11-4-6-13-21(19)29-24(32)18-10-3-5-12-20(18)27-25(29)33-15-7-14-28-22(30)16-8-1-2-9-17(16)23(28)31/h1-6,8-13H,7,14-15H2. The molecule has 0 N–H and O–H groups in total. The second kappa shape index (κ2) is 8.63. The molecule has 2 heterocycles. The van der Waals surface area contributed by atoms with Crippen molar-refractivity contribution < 1.29 is 14.0 Å². The number of para-hydroxylation sites is 2. The highest BCUT2D eigenvalue weighted by molar-refractivity contribution is 7.99. The summed E-state index contributed by atoms with van der Waals surface area (Å²) < 4.78 is 15.8. The molecule has 164 valence electrons. The van der Waals surface area contributed by atoms with Gasteiger partial charge in [0.05, 0.1) is 27.7 Å². The quantitative estimate of drug-likeness (QED) is 0.186. The summed E-state index contributed by atoms with van der Waals surface area (Å²) in [6, 6.07) is 19.8. The van der Waals surface area contributed by atoms with Crippen molar-refractivity contribution in [2.24, 2.45) is 0 Å². The van der Waals surface area contributed by atoms with E-state index in [0.29, 0.717) is 39.4 Å². The fourth-order valence-electron chi connectivity index (χ4n) is 3.88. The van der Waals surface area contributed by atoms with Crippen molar-refractivity contribution in [2.45, 2.75) is 11.6 Å². The lowest BCUT2D eigenvalue weighted by Gasteiger charge is -2.15. The maximum Gasteiger partial charge on any atom is 0.266 e. The summed E-state index contributed by atoms with van der Waals surface area (Å²) in [6.07, 6.45) is 0.496. The van der Waals surface area contributed by atoms with Gasteiger partial charge < -0.3 is 0 Å². The lowest BCUT2D eigenvalue weighted by Crippen LogP contribution is -2.31. The van der Waals surface area contributed by atoms with Crippen LogP contribution >= 0.6 is 11.8 Å².